The number of rotatable bonds is 4. The molecule has 23 heavy (non-hydrogen) atoms. The van der Waals surface area contributed by atoms with Crippen molar-refractivity contribution in [3.05, 3.63) is 65.5 Å². The predicted molar refractivity (Wildman–Crippen MR) is 85.0 cm³/mol. The van der Waals surface area contributed by atoms with E-state index in [0.717, 1.165) is 16.6 Å². The number of fused-ring (bicyclic) bond motifs is 1. The SMILES string of the molecule is COC(=O)c1ccc(CNC(=O)c2ccc3nc[nH]c3c2)cc1. The second-order valence-electron chi connectivity index (χ2n) is 5.01. The Morgan fingerprint density at radius 2 is 1.87 bits per heavy atom. The molecule has 2 N–H and O–H groups in total. The largest absolute Gasteiger partial charge is 0.465 e. The van der Waals surface area contributed by atoms with Gasteiger partial charge in [-0.15, -0.1) is 0 Å². The molecule has 1 aromatic heterocycles. The number of carbonyl (C=O) groups excluding carboxylic acids is 2. The Morgan fingerprint density at radius 1 is 1.13 bits per heavy atom. The molecule has 3 aromatic rings. The van der Waals surface area contributed by atoms with Gasteiger partial charge in [-0.1, -0.05) is 12.1 Å². The fourth-order valence-corrected chi connectivity index (χ4v) is 2.24. The van der Waals surface area contributed by atoms with Gasteiger partial charge in [0.2, 0.25) is 0 Å². The van der Waals surface area contributed by atoms with E-state index in [-0.39, 0.29) is 11.9 Å². The maximum atomic E-state index is 12.2. The van der Waals surface area contributed by atoms with Crippen molar-refractivity contribution in [2.75, 3.05) is 7.11 Å². The lowest BCUT2D eigenvalue weighted by atomic mass is 10.1. The molecule has 0 radical (unpaired) electrons. The highest BCUT2D eigenvalue weighted by atomic mass is 16.5. The number of hydrogen-bond acceptors (Lipinski definition) is 4. The summed E-state index contributed by atoms with van der Waals surface area (Å²) in [5, 5.41) is 2.85. The van der Waals surface area contributed by atoms with Gasteiger partial charge in [0.15, 0.2) is 0 Å². The monoisotopic (exact) mass is 309 g/mol. The molecule has 0 aliphatic heterocycles. The normalized spacial score (nSPS) is 10.5. The van der Waals surface area contributed by atoms with E-state index in [1.165, 1.54) is 7.11 Å². The molecule has 1 heterocycles. The fraction of sp³-hybridized carbons (Fsp3) is 0.118. The van der Waals surface area contributed by atoms with Crippen LogP contribution in [0.25, 0.3) is 11.0 Å². The summed E-state index contributed by atoms with van der Waals surface area (Å²) in [7, 11) is 1.34. The van der Waals surface area contributed by atoms with Gasteiger partial charge in [-0.3, -0.25) is 4.79 Å². The topological polar surface area (TPSA) is 84.1 Å². The molecular formula is C17H15N3O3. The highest BCUT2D eigenvalue weighted by Crippen LogP contribution is 2.12. The van der Waals surface area contributed by atoms with Crippen LogP contribution >= 0.6 is 0 Å². The van der Waals surface area contributed by atoms with E-state index in [1.807, 2.05) is 0 Å². The van der Waals surface area contributed by atoms with E-state index < -0.39 is 0 Å². The predicted octanol–water partition coefficient (Wildman–Crippen LogP) is 2.28. The van der Waals surface area contributed by atoms with E-state index in [9.17, 15) is 9.59 Å². The molecule has 0 spiro atoms. The fourth-order valence-electron chi connectivity index (χ4n) is 2.24. The maximum Gasteiger partial charge on any atom is 0.337 e. The van der Waals surface area contributed by atoms with Crippen LogP contribution in [0.1, 0.15) is 26.3 Å². The zero-order valence-electron chi connectivity index (χ0n) is 12.5. The summed E-state index contributed by atoms with van der Waals surface area (Å²) in [6.45, 7) is 0.376. The summed E-state index contributed by atoms with van der Waals surface area (Å²) in [6.07, 6.45) is 1.59. The van der Waals surface area contributed by atoms with E-state index >= 15 is 0 Å². The van der Waals surface area contributed by atoms with Gasteiger partial charge < -0.3 is 15.0 Å². The molecule has 2 aromatic carbocycles. The third-order valence-electron chi connectivity index (χ3n) is 3.51. The van der Waals surface area contributed by atoms with Crippen LogP contribution in [0.2, 0.25) is 0 Å². The Hall–Kier alpha value is -3.15. The molecule has 116 valence electrons. The van der Waals surface area contributed by atoms with Crippen LogP contribution in [-0.2, 0) is 11.3 Å². The van der Waals surface area contributed by atoms with Crippen LogP contribution in [0.5, 0.6) is 0 Å². The maximum absolute atomic E-state index is 12.2. The number of ether oxygens (including phenoxy) is 1. The molecule has 0 saturated heterocycles. The smallest absolute Gasteiger partial charge is 0.337 e. The minimum Gasteiger partial charge on any atom is -0.465 e. The van der Waals surface area contributed by atoms with Crippen molar-refractivity contribution >= 4 is 22.9 Å². The van der Waals surface area contributed by atoms with Crippen molar-refractivity contribution in [3.63, 3.8) is 0 Å². The van der Waals surface area contributed by atoms with Crippen LogP contribution in [0, 0.1) is 0 Å². The van der Waals surface area contributed by atoms with Crippen LogP contribution in [-0.4, -0.2) is 29.0 Å². The van der Waals surface area contributed by atoms with Crippen molar-refractivity contribution in [2.45, 2.75) is 6.54 Å². The number of benzene rings is 2. The number of aromatic amines is 1. The Morgan fingerprint density at radius 3 is 2.61 bits per heavy atom. The minimum atomic E-state index is -0.381. The summed E-state index contributed by atoms with van der Waals surface area (Å²) in [6, 6.07) is 12.2. The number of nitrogens with zero attached hydrogens (tertiary/aromatic N) is 1. The van der Waals surface area contributed by atoms with Crippen LogP contribution in [0.15, 0.2) is 48.8 Å². The average Bonchev–Trinajstić information content (AvgIpc) is 3.07. The molecule has 0 atom stereocenters. The Kier molecular flexibility index (Phi) is 4.05. The summed E-state index contributed by atoms with van der Waals surface area (Å²) < 4.78 is 4.64. The number of H-pyrrole nitrogens is 1. The molecule has 0 bridgehead atoms. The molecule has 0 fully saturated rings. The van der Waals surface area contributed by atoms with Crippen molar-refractivity contribution in [1.29, 1.82) is 0 Å². The van der Waals surface area contributed by atoms with Gasteiger partial charge in [-0.25, -0.2) is 9.78 Å². The van der Waals surface area contributed by atoms with Crippen molar-refractivity contribution in [3.8, 4) is 0 Å². The standard InChI is InChI=1S/C17H15N3O3/c1-23-17(22)12-4-2-11(3-5-12)9-18-16(21)13-6-7-14-15(8-13)20-10-19-14/h2-8,10H,9H2,1H3,(H,18,21)(H,19,20). The van der Waals surface area contributed by atoms with Gasteiger partial charge in [-0.05, 0) is 35.9 Å². The summed E-state index contributed by atoms with van der Waals surface area (Å²) in [4.78, 5) is 30.6. The molecule has 0 unspecified atom stereocenters. The van der Waals surface area contributed by atoms with E-state index in [1.54, 1.807) is 48.8 Å². The van der Waals surface area contributed by atoms with E-state index in [2.05, 4.69) is 20.0 Å². The van der Waals surface area contributed by atoms with Crippen molar-refractivity contribution in [2.24, 2.45) is 0 Å². The zero-order valence-corrected chi connectivity index (χ0v) is 12.5. The number of hydrogen-bond donors (Lipinski definition) is 2. The molecule has 1 amide bonds. The van der Waals surface area contributed by atoms with Gasteiger partial charge in [0.05, 0.1) is 30.0 Å². The number of carbonyl (C=O) groups is 2. The molecule has 3 rings (SSSR count). The second kappa shape index (κ2) is 6.31. The summed E-state index contributed by atoms with van der Waals surface area (Å²) in [5.41, 5.74) is 3.58. The van der Waals surface area contributed by atoms with Crippen LogP contribution in [0.4, 0.5) is 0 Å². The first-order valence-corrected chi connectivity index (χ1v) is 7.06. The lowest BCUT2D eigenvalue weighted by Gasteiger charge is -2.06. The number of amides is 1. The summed E-state index contributed by atoms with van der Waals surface area (Å²) in [5.74, 6) is -0.549. The number of imidazole rings is 1. The Balaban J connectivity index is 1.65. The molecule has 6 heteroatoms. The van der Waals surface area contributed by atoms with Gasteiger partial charge in [0.25, 0.3) is 5.91 Å². The first-order chi connectivity index (χ1) is 11.2. The third-order valence-corrected chi connectivity index (χ3v) is 3.51. The third kappa shape index (κ3) is 3.21. The van der Waals surface area contributed by atoms with Gasteiger partial charge in [-0.2, -0.15) is 0 Å². The van der Waals surface area contributed by atoms with Gasteiger partial charge >= 0.3 is 5.97 Å². The minimum absolute atomic E-state index is 0.168. The zero-order chi connectivity index (χ0) is 16.2. The highest BCUT2D eigenvalue weighted by molar-refractivity contribution is 5.97. The summed E-state index contributed by atoms with van der Waals surface area (Å²) >= 11 is 0. The molecule has 0 aliphatic carbocycles. The molecule has 0 saturated carbocycles. The van der Waals surface area contributed by atoms with Crippen molar-refractivity contribution in [1.82, 2.24) is 15.3 Å². The number of methoxy groups -OCH3 is 1. The second-order valence-corrected chi connectivity index (χ2v) is 5.01. The molecule has 0 aliphatic rings. The van der Waals surface area contributed by atoms with Gasteiger partial charge in [0.1, 0.15) is 0 Å². The lowest BCUT2D eigenvalue weighted by molar-refractivity contribution is 0.0600. The number of aromatic nitrogens is 2. The Bertz CT molecular complexity index is 853. The van der Waals surface area contributed by atoms with Crippen molar-refractivity contribution < 1.29 is 14.3 Å². The first-order valence-electron chi connectivity index (χ1n) is 7.06. The number of nitrogens with one attached hydrogen (secondary N) is 2. The average molecular weight is 309 g/mol. The number of esters is 1. The first kappa shape index (κ1) is 14.8. The Labute approximate surface area is 132 Å². The molecular weight excluding hydrogens is 294 g/mol. The molecule has 6 nitrogen and oxygen atoms in total. The lowest BCUT2D eigenvalue weighted by Crippen LogP contribution is -2.22. The van der Waals surface area contributed by atoms with Crippen LogP contribution in [0.3, 0.4) is 0 Å². The highest BCUT2D eigenvalue weighted by Gasteiger charge is 2.08. The van der Waals surface area contributed by atoms with E-state index in [4.69, 9.17) is 0 Å². The van der Waals surface area contributed by atoms with Gasteiger partial charge in [0, 0.05) is 12.1 Å². The quantitative estimate of drug-likeness (QED) is 0.724. The van der Waals surface area contributed by atoms with E-state index in [0.29, 0.717) is 17.7 Å². The van der Waals surface area contributed by atoms with Crippen LogP contribution < -0.4 is 5.32 Å².